The molecule has 0 atom stereocenters. The highest BCUT2D eigenvalue weighted by molar-refractivity contribution is 6.30. The Morgan fingerprint density at radius 1 is 0.912 bits per heavy atom. The third-order valence-corrected chi connectivity index (χ3v) is 7.38. The normalized spacial score (nSPS) is 17.8. The van der Waals surface area contributed by atoms with Crippen molar-refractivity contribution >= 4 is 17.5 Å². The van der Waals surface area contributed by atoms with Crippen LogP contribution in [0.4, 0.5) is 4.39 Å². The molecule has 2 fully saturated rings. The number of nitrogens with zero attached hydrogens (tertiary/aromatic N) is 2. The molecule has 5 rings (SSSR count). The quantitative estimate of drug-likeness (QED) is 0.425. The molecule has 1 amide bonds. The predicted octanol–water partition coefficient (Wildman–Crippen LogP) is 6.40. The van der Waals surface area contributed by atoms with Crippen LogP contribution >= 0.6 is 11.6 Å². The average Bonchev–Trinajstić information content (AvgIpc) is 3.24. The van der Waals surface area contributed by atoms with Gasteiger partial charge in [-0.05, 0) is 85.8 Å². The average molecular weight is 479 g/mol. The maximum Gasteiger partial charge on any atom is 0.253 e. The van der Waals surface area contributed by atoms with Gasteiger partial charge < -0.3 is 9.64 Å². The van der Waals surface area contributed by atoms with Gasteiger partial charge in [0.1, 0.15) is 17.3 Å². The number of piperidine rings is 1. The van der Waals surface area contributed by atoms with Crippen LogP contribution in [0.2, 0.25) is 5.02 Å². The van der Waals surface area contributed by atoms with Crippen LogP contribution in [0, 0.1) is 11.2 Å². The lowest BCUT2D eigenvalue weighted by Crippen LogP contribution is -2.44. The van der Waals surface area contributed by atoms with Crippen LogP contribution in [0.15, 0.2) is 72.8 Å². The van der Waals surface area contributed by atoms with E-state index in [4.69, 9.17) is 16.3 Å². The fraction of sp³-hybridized carbons (Fsp3) is 0.321. The zero-order valence-corrected chi connectivity index (χ0v) is 19.8. The SMILES string of the molecule is O=C(c1ccc(Cl)cc1)N1CCC2(CCN(Cc3ccccc3Oc3ccc(F)cc3)C2)CC1. The zero-order valence-electron chi connectivity index (χ0n) is 19.1. The van der Waals surface area contributed by atoms with Crippen molar-refractivity contribution in [2.24, 2.45) is 5.41 Å². The van der Waals surface area contributed by atoms with Crippen LogP contribution in [0.25, 0.3) is 0 Å². The van der Waals surface area contributed by atoms with Gasteiger partial charge in [0.15, 0.2) is 0 Å². The summed E-state index contributed by atoms with van der Waals surface area (Å²) in [6.07, 6.45) is 3.20. The second-order valence-electron chi connectivity index (χ2n) is 9.42. The van der Waals surface area contributed by atoms with E-state index in [9.17, 15) is 9.18 Å². The molecule has 1 spiro atoms. The van der Waals surface area contributed by atoms with Crippen molar-refractivity contribution in [3.8, 4) is 11.5 Å². The molecule has 0 aliphatic carbocycles. The molecule has 176 valence electrons. The molecule has 0 bridgehead atoms. The molecular weight excluding hydrogens is 451 g/mol. The van der Waals surface area contributed by atoms with Crippen molar-refractivity contribution in [3.05, 3.63) is 94.8 Å². The Balaban J connectivity index is 1.19. The van der Waals surface area contributed by atoms with Crippen LogP contribution in [0.5, 0.6) is 11.5 Å². The van der Waals surface area contributed by atoms with E-state index in [-0.39, 0.29) is 17.1 Å². The van der Waals surface area contributed by atoms with Crippen LogP contribution in [0.1, 0.15) is 35.2 Å². The number of likely N-dealkylation sites (tertiary alicyclic amines) is 2. The topological polar surface area (TPSA) is 32.8 Å². The second kappa shape index (κ2) is 9.77. The van der Waals surface area contributed by atoms with Gasteiger partial charge in [-0.25, -0.2) is 4.39 Å². The highest BCUT2D eigenvalue weighted by Gasteiger charge is 2.41. The van der Waals surface area contributed by atoms with E-state index in [0.717, 1.165) is 63.3 Å². The predicted molar refractivity (Wildman–Crippen MR) is 132 cm³/mol. The highest BCUT2D eigenvalue weighted by Crippen LogP contribution is 2.41. The molecule has 2 heterocycles. The number of rotatable bonds is 5. The van der Waals surface area contributed by atoms with Crippen LogP contribution in [-0.4, -0.2) is 41.9 Å². The standard InChI is InChI=1S/C28H28ClFN2O2/c29-23-7-5-21(6-8-23)27(33)32-17-14-28(15-18-32)13-16-31(20-28)19-22-3-1-2-4-26(22)34-25-11-9-24(30)10-12-25/h1-12H,13-20H2. The maximum absolute atomic E-state index is 13.2. The van der Waals surface area contributed by atoms with Gasteiger partial charge in [-0.2, -0.15) is 0 Å². The van der Waals surface area contributed by atoms with Crippen molar-refractivity contribution < 1.29 is 13.9 Å². The molecule has 0 unspecified atom stereocenters. The van der Waals surface area contributed by atoms with Gasteiger partial charge in [0.05, 0.1) is 0 Å². The van der Waals surface area contributed by atoms with Crippen LogP contribution in [-0.2, 0) is 6.54 Å². The number of ether oxygens (including phenoxy) is 1. The Morgan fingerprint density at radius 2 is 1.59 bits per heavy atom. The third-order valence-electron chi connectivity index (χ3n) is 7.13. The first-order valence-electron chi connectivity index (χ1n) is 11.8. The van der Waals surface area contributed by atoms with E-state index in [1.54, 1.807) is 36.4 Å². The molecule has 0 aromatic heterocycles. The van der Waals surface area contributed by atoms with Crippen molar-refractivity contribution in [2.45, 2.75) is 25.8 Å². The lowest BCUT2D eigenvalue weighted by atomic mass is 9.77. The van der Waals surface area contributed by atoms with Crippen LogP contribution < -0.4 is 4.74 Å². The van der Waals surface area contributed by atoms with E-state index in [1.807, 2.05) is 23.1 Å². The Kier molecular flexibility index (Phi) is 6.57. The molecule has 2 aliphatic heterocycles. The number of hydrogen-bond donors (Lipinski definition) is 0. The monoisotopic (exact) mass is 478 g/mol. The summed E-state index contributed by atoms with van der Waals surface area (Å²) in [6.45, 7) is 4.46. The highest BCUT2D eigenvalue weighted by atomic mass is 35.5. The smallest absolute Gasteiger partial charge is 0.253 e. The van der Waals surface area contributed by atoms with E-state index >= 15 is 0 Å². The number of carbonyl (C=O) groups excluding carboxylic acids is 1. The first kappa shape index (κ1) is 22.9. The Bertz CT molecular complexity index is 1140. The molecule has 34 heavy (non-hydrogen) atoms. The second-order valence-corrected chi connectivity index (χ2v) is 9.86. The van der Waals surface area contributed by atoms with Crippen molar-refractivity contribution in [1.82, 2.24) is 9.80 Å². The molecule has 3 aromatic carbocycles. The maximum atomic E-state index is 13.2. The first-order valence-corrected chi connectivity index (χ1v) is 12.2. The largest absolute Gasteiger partial charge is 0.457 e. The fourth-order valence-corrected chi connectivity index (χ4v) is 5.26. The van der Waals surface area contributed by atoms with Crippen molar-refractivity contribution in [3.63, 3.8) is 0 Å². The van der Waals surface area contributed by atoms with Gasteiger partial charge in [-0.1, -0.05) is 29.8 Å². The minimum absolute atomic E-state index is 0.0910. The Hall–Kier alpha value is -2.89. The van der Waals surface area contributed by atoms with Crippen molar-refractivity contribution in [2.75, 3.05) is 26.2 Å². The fourth-order valence-electron chi connectivity index (χ4n) is 5.13. The van der Waals surface area contributed by atoms with E-state index in [1.165, 1.54) is 12.1 Å². The summed E-state index contributed by atoms with van der Waals surface area (Å²) in [7, 11) is 0. The molecule has 0 N–H and O–H groups in total. The minimum atomic E-state index is -0.274. The van der Waals surface area contributed by atoms with Gasteiger partial charge >= 0.3 is 0 Å². The number of para-hydroxylation sites is 1. The molecule has 4 nitrogen and oxygen atoms in total. The van der Waals surface area contributed by atoms with E-state index in [2.05, 4.69) is 11.0 Å². The number of carbonyl (C=O) groups is 1. The summed E-state index contributed by atoms with van der Waals surface area (Å²) >= 11 is 5.96. The van der Waals surface area contributed by atoms with E-state index in [0.29, 0.717) is 16.3 Å². The van der Waals surface area contributed by atoms with Gasteiger partial charge in [0.25, 0.3) is 5.91 Å². The zero-order chi connectivity index (χ0) is 23.5. The number of amides is 1. The molecule has 0 saturated carbocycles. The Morgan fingerprint density at radius 3 is 2.32 bits per heavy atom. The summed E-state index contributed by atoms with van der Waals surface area (Å²) in [5, 5.41) is 0.643. The summed E-state index contributed by atoms with van der Waals surface area (Å²) in [4.78, 5) is 17.3. The summed E-state index contributed by atoms with van der Waals surface area (Å²) in [5.74, 6) is 1.25. The minimum Gasteiger partial charge on any atom is -0.457 e. The molecule has 0 radical (unpaired) electrons. The lowest BCUT2D eigenvalue weighted by Gasteiger charge is -2.39. The molecule has 6 heteroatoms. The lowest BCUT2D eigenvalue weighted by molar-refractivity contribution is 0.0587. The third kappa shape index (κ3) is 5.11. The molecule has 3 aromatic rings. The number of halogens is 2. The first-order chi connectivity index (χ1) is 16.5. The number of hydrogen-bond acceptors (Lipinski definition) is 3. The van der Waals surface area contributed by atoms with Gasteiger partial charge in [-0.15, -0.1) is 0 Å². The number of benzene rings is 3. The van der Waals surface area contributed by atoms with Gasteiger partial charge in [-0.3, -0.25) is 9.69 Å². The summed E-state index contributed by atoms with van der Waals surface area (Å²) in [6, 6.07) is 21.3. The summed E-state index contributed by atoms with van der Waals surface area (Å²) < 4.78 is 19.3. The molecule has 2 saturated heterocycles. The molecule has 2 aliphatic rings. The molecular formula is C28H28ClFN2O2. The van der Waals surface area contributed by atoms with Crippen molar-refractivity contribution in [1.29, 1.82) is 0 Å². The van der Waals surface area contributed by atoms with Crippen LogP contribution in [0.3, 0.4) is 0 Å². The van der Waals surface area contributed by atoms with Gasteiger partial charge in [0.2, 0.25) is 0 Å². The van der Waals surface area contributed by atoms with Gasteiger partial charge in [0, 0.05) is 42.3 Å². The van der Waals surface area contributed by atoms with E-state index < -0.39 is 0 Å². The summed E-state index contributed by atoms with van der Waals surface area (Å²) in [5.41, 5.74) is 2.09. The Labute approximate surface area is 204 Å².